The lowest BCUT2D eigenvalue weighted by atomic mass is 10.2. The second kappa shape index (κ2) is 7.05. The molecule has 0 amide bonds. The van der Waals surface area contributed by atoms with Gasteiger partial charge in [-0.05, 0) is 30.3 Å². The first-order chi connectivity index (χ1) is 13.5. The highest BCUT2D eigenvalue weighted by Crippen LogP contribution is 2.40. The number of thiazole rings is 1. The molecular formula is C19H11N3O5S. The van der Waals surface area contributed by atoms with Gasteiger partial charge in [-0.15, -0.1) is 11.3 Å². The molecule has 4 rings (SSSR count). The molecule has 9 heteroatoms. The Morgan fingerprint density at radius 3 is 2.36 bits per heavy atom. The van der Waals surface area contributed by atoms with Gasteiger partial charge in [-0.1, -0.05) is 24.3 Å². The Labute approximate surface area is 162 Å². The van der Waals surface area contributed by atoms with Crippen molar-refractivity contribution in [2.45, 2.75) is 0 Å². The maximum absolute atomic E-state index is 11.4. The van der Waals surface area contributed by atoms with Crippen molar-refractivity contribution in [3.05, 3.63) is 87.0 Å². The van der Waals surface area contributed by atoms with Crippen LogP contribution < -0.4 is 4.74 Å². The largest absolute Gasteiger partial charge is 0.449 e. The Bertz CT molecular complexity index is 1190. The standard InChI is InChI=1S/C19H11N3O5S/c23-21(24)12-9-10-17(15(11-12)22(25)26)27-16-7-3-1-5-13(16)19-20-14-6-2-4-8-18(14)28-19/h1-11H. The van der Waals surface area contributed by atoms with E-state index in [1.165, 1.54) is 23.5 Å². The van der Waals surface area contributed by atoms with E-state index in [4.69, 9.17) is 4.74 Å². The van der Waals surface area contributed by atoms with E-state index in [0.717, 1.165) is 16.3 Å². The second-order valence-corrected chi connectivity index (χ2v) is 6.78. The highest BCUT2D eigenvalue weighted by Gasteiger charge is 2.22. The molecule has 0 spiro atoms. The maximum atomic E-state index is 11.4. The van der Waals surface area contributed by atoms with E-state index in [1.54, 1.807) is 12.1 Å². The Hall–Kier alpha value is -3.85. The number of rotatable bonds is 5. The summed E-state index contributed by atoms with van der Waals surface area (Å²) < 4.78 is 6.80. The van der Waals surface area contributed by atoms with Crippen LogP contribution in [0.1, 0.15) is 0 Å². The van der Waals surface area contributed by atoms with Gasteiger partial charge in [0.1, 0.15) is 10.8 Å². The van der Waals surface area contributed by atoms with Crippen molar-refractivity contribution in [2.24, 2.45) is 0 Å². The lowest BCUT2D eigenvalue weighted by Crippen LogP contribution is -1.96. The van der Waals surface area contributed by atoms with Gasteiger partial charge in [-0.2, -0.15) is 0 Å². The number of benzene rings is 3. The first-order valence-corrected chi connectivity index (χ1v) is 8.90. The van der Waals surface area contributed by atoms with E-state index in [-0.39, 0.29) is 11.4 Å². The molecule has 0 fully saturated rings. The van der Waals surface area contributed by atoms with Gasteiger partial charge in [-0.3, -0.25) is 20.2 Å². The first-order valence-electron chi connectivity index (χ1n) is 8.08. The van der Waals surface area contributed by atoms with E-state index in [0.29, 0.717) is 16.3 Å². The van der Waals surface area contributed by atoms with Crippen LogP contribution in [-0.4, -0.2) is 14.8 Å². The number of ether oxygens (including phenoxy) is 1. The van der Waals surface area contributed by atoms with Gasteiger partial charge in [0.2, 0.25) is 5.75 Å². The van der Waals surface area contributed by atoms with Crippen molar-refractivity contribution < 1.29 is 14.6 Å². The van der Waals surface area contributed by atoms with Gasteiger partial charge in [0, 0.05) is 6.07 Å². The third-order valence-corrected chi connectivity index (χ3v) is 5.05. The fourth-order valence-corrected chi connectivity index (χ4v) is 3.68. The van der Waals surface area contributed by atoms with E-state index < -0.39 is 15.5 Å². The molecule has 1 heterocycles. The van der Waals surface area contributed by atoms with Crippen LogP contribution in [0.4, 0.5) is 11.4 Å². The van der Waals surface area contributed by atoms with Gasteiger partial charge in [0.25, 0.3) is 5.69 Å². The fourth-order valence-electron chi connectivity index (χ4n) is 2.69. The number of nitro benzene ring substituents is 2. The summed E-state index contributed by atoms with van der Waals surface area (Å²) >= 11 is 1.48. The predicted octanol–water partition coefficient (Wildman–Crippen LogP) is 5.57. The van der Waals surface area contributed by atoms with Crippen molar-refractivity contribution in [2.75, 3.05) is 0 Å². The Balaban J connectivity index is 1.78. The Kier molecular flexibility index (Phi) is 4.42. The molecule has 0 aliphatic carbocycles. The molecule has 0 N–H and O–H groups in total. The highest BCUT2D eigenvalue weighted by molar-refractivity contribution is 7.21. The zero-order chi connectivity index (χ0) is 19.7. The summed E-state index contributed by atoms with van der Waals surface area (Å²) in [6, 6.07) is 18.0. The minimum Gasteiger partial charge on any atom is -0.449 e. The van der Waals surface area contributed by atoms with Crippen LogP contribution in [0.2, 0.25) is 0 Å². The SMILES string of the molecule is O=[N+]([O-])c1ccc(Oc2ccccc2-c2nc3ccccc3s2)c([N+](=O)[O-])c1. The molecule has 0 unspecified atom stereocenters. The number of hydrogen-bond acceptors (Lipinski definition) is 7. The molecule has 0 atom stereocenters. The average Bonchev–Trinajstić information content (AvgIpc) is 3.12. The Morgan fingerprint density at radius 1 is 0.857 bits per heavy atom. The average molecular weight is 393 g/mol. The molecule has 8 nitrogen and oxygen atoms in total. The molecule has 0 saturated heterocycles. The van der Waals surface area contributed by atoms with Gasteiger partial charge in [0.05, 0.1) is 31.7 Å². The van der Waals surface area contributed by atoms with Gasteiger partial charge < -0.3 is 4.74 Å². The molecule has 138 valence electrons. The number of fused-ring (bicyclic) bond motifs is 1. The van der Waals surface area contributed by atoms with Crippen LogP contribution in [0.15, 0.2) is 66.7 Å². The smallest absolute Gasteiger partial charge is 0.318 e. The molecule has 0 bridgehead atoms. The summed E-state index contributed by atoms with van der Waals surface area (Å²) in [5.41, 5.74) is 0.668. The topological polar surface area (TPSA) is 108 Å². The predicted molar refractivity (Wildman–Crippen MR) is 105 cm³/mol. The molecule has 4 aromatic rings. The summed E-state index contributed by atoms with van der Waals surface area (Å²) in [5.74, 6) is 0.294. The minimum absolute atomic E-state index is 0.0795. The van der Waals surface area contributed by atoms with Crippen LogP contribution in [-0.2, 0) is 0 Å². The molecule has 1 aromatic heterocycles. The minimum atomic E-state index is -0.706. The van der Waals surface area contributed by atoms with Gasteiger partial charge in [0.15, 0.2) is 0 Å². The van der Waals surface area contributed by atoms with E-state index in [9.17, 15) is 20.2 Å². The quantitative estimate of drug-likeness (QED) is 0.324. The lowest BCUT2D eigenvalue weighted by molar-refractivity contribution is -0.394. The van der Waals surface area contributed by atoms with Crippen molar-refractivity contribution in [3.8, 4) is 22.1 Å². The van der Waals surface area contributed by atoms with Crippen molar-refractivity contribution in [1.29, 1.82) is 0 Å². The highest BCUT2D eigenvalue weighted by atomic mass is 32.1. The monoisotopic (exact) mass is 393 g/mol. The van der Waals surface area contributed by atoms with Crippen LogP contribution in [0, 0.1) is 20.2 Å². The van der Waals surface area contributed by atoms with Crippen molar-refractivity contribution in [3.63, 3.8) is 0 Å². The number of hydrogen-bond donors (Lipinski definition) is 0. The zero-order valence-electron chi connectivity index (χ0n) is 14.1. The summed E-state index contributed by atoms with van der Waals surface area (Å²) in [6.07, 6.45) is 0. The molecule has 0 radical (unpaired) electrons. The molecule has 3 aromatic carbocycles. The second-order valence-electron chi connectivity index (χ2n) is 5.75. The van der Waals surface area contributed by atoms with E-state index >= 15 is 0 Å². The third-order valence-electron chi connectivity index (χ3n) is 3.98. The van der Waals surface area contributed by atoms with Gasteiger partial charge >= 0.3 is 5.69 Å². The summed E-state index contributed by atoms with van der Waals surface area (Å²) in [7, 11) is 0. The van der Waals surface area contributed by atoms with Crippen LogP contribution in [0.5, 0.6) is 11.5 Å². The number of para-hydroxylation sites is 2. The van der Waals surface area contributed by atoms with Crippen LogP contribution in [0.25, 0.3) is 20.8 Å². The number of nitro groups is 2. The summed E-state index contributed by atoms with van der Waals surface area (Å²) in [4.78, 5) is 25.5. The van der Waals surface area contributed by atoms with Crippen molar-refractivity contribution in [1.82, 2.24) is 4.98 Å². The molecular weight excluding hydrogens is 382 g/mol. The van der Waals surface area contributed by atoms with Crippen LogP contribution in [0.3, 0.4) is 0 Å². The number of nitrogens with zero attached hydrogens (tertiary/aromatic N) is 3. The number of non-ortho nitro benzene ring substituents is 1. The zero-order valence-corrected chi connectivity index (χ0v) is 15.0. The molecule has 0 aliphatic heterocycles. The number of aromatic nitrogens is 1. The summed E-state index contributed by atoms with van der Waals surface area (Å²) in [5, 5.41) is 23.0. The van der Waals surface area contributed by atoms with E-state index in [2.05, 4.69) is 4.98 Å². The van der Waals surface area contributed by atoms with Gasteiger partial charge in [-0.25, -0.2) is 4.98 Å². The summed E-state index contributed by atoms with van der Waals surface area (Å²) in [6.45, 7) is 0. The molecule has 0 aliphatic rings. The normalized spacial score (nSPS) is 10.7. The third kappa shape index (κ3) is 3.26. The maximum Gasteiger partial charge on any atom is 0.318 e. The fraction of sp³-hybridized carbons (Fsp3) is 0. The van der Waals surface area contributed by atoms with E-state index in [1.807, 2.05) is 36.4 Å². The molecule has 0 saturated carbocycles. The first kappa shape index (κ1) is 17.6. The lowest BCUT2D eigenvalue weighted by Gasteiger charge is -2.09. The van der Waals surface area contributed by atoms with Crippen LogP contribution >= 0.6 is 11.3 Å². The Morgan fingerprint density at radius 2 is 1.61 bits per heavy atom. The molecule has 28 heavy (non-hydrogen) atoms. The van der Waals surface area contributed by atoms with Crippen molar-refractivity contribution >= 4 is 32.9 Å².